The highest BCUT2D eigenvalue weighted by Gasteiger charge is 2.17. The normalized spacial score (nSPS) is 27.9. The molecule has 0 aromatic rings. The first-order valence-electron chi connectivity index (χ1n) is 2.84. The summed E-state index contributed by atoms with van der Waals surface area (Å²) in [6.07, 6.45) is 0.615. The van der Waals surface area contributed by atoms with E-state index >= 15 is 0 Å². The SMILES string of the molecule is C=C1NC(=O)CC(C)S1. The molecular weight excluding hydrogens is 134 g/mol. The van der Waals surface area contributed by atoms with Crippen molar-refractivity contribution in [2.24, 2.45) is 0 Å². The molecule has 1 unspecified atom stereocenters. The summed E-state index contributed by atoms with van der Waals surface area (Å²) in [5.74, 6) is 0.0891. The smallest absolute Gasteiger partial charge is 0.225 e. The largest absolute Gasteiger partial charge is 0.321 e. The van der Waals surface area contributed by atoms with Gasteiger partial charge < -0.3 is 5.32 Å². The lowest BCUT2D eigenvalue weighted by Crippen LogP contribution is -2.29. The fraction of sp³-hybridized carbons (Fsp3) is 0.500. The van der Waals surface area contributed by atoms with Crippen LogP contribution < -0.4 is 5.32 Å². The number of rotatable bonds is 0. The van der Waals surface area contributed by atoms with Crippen molar-refractivity contribution in [2.75, 3.05) is 0 Å². The third kappa shape index (κ3) is 1.75. The molecule has 0 spiro atoms. The van der Waals surface area contributed by atoms with Crippen LogP contribution in [0.25, 0.3) is 0 Å². The second-order valence-electron chi connectivity index (χ2n) is 2.10. The lowest BCUT2D eigenvalue weighted by Gasteiger charge is -2.18. The first kappa shape index (κ1) is 6.68. The van der Waals surface area contributed by atoms with Crippen molar-refractivity contribution in [3.05, 3.63) is 11.6 Å². The Bertz CT molecular complexity index is 139. The molecule has 1 saturated heterocycles. The van der Waals surface area contributed by atoms with Crippen molar-refractivity contribution >= 4 is 17.7 Å². The summed E-state index contributed by atoms with van der Waals surface area (Å²) in [7, 11) is 0. The molecule has 50 valence electrons. The minimum Gasteiger partial charge on any atom is -0.321 e. The van der Waals surface area contributed by atoms with Crippen LogP contribution >= 0.6 is 11.8 Å². The van der Waals surface area contributed by atoms with Crippen LogP contribution in [0, 0.1) is 0 Å². The molecule has 3 heteroatoms. The van der Waals surface area contributed by atoms with Crippen LogP contribution in [0.15, 0.2) is 11.6 Å². The van der Waals surface area contributed by atoms with Gasteiger partial charge in [0.05, 0.1) is 5.03 Å². The second-order valence-corrected chi connectivity index (χ2v) is 3.64. The Morgan fingerprint density at radius 3 is 3.00 bits per heavy atom. The highest BCUT2D eigenvalue weighted by Crippen LogP contribution is 2.24. The van der Waals surface area contributed by atoms with Gasteiger partial charge in [-0.3, -0.25) is 4.79 Å². The van der Waals surface area contributed by atoms with Crippen LogP contribution in [0.3, 0.4) is 0 Å². The monoisotopic (exact) mass is 143 g/mol. The van der Waals surface area contributed by atoms with E-state index in [2.05, 4.69) is 11.9 Å². The highest BCUT2D eigenvalue weighted by atomic mass is 32.2. The average molecular weight is 143 g/mol. The molecule has 1 atom stereocenters. The highest BCUT2D eigenvalue weighted by molar-refractivity contribution is 8.03. The van der Waals surface area contributed by atoms with E-state index < -0.39 is 0 Å². The first-order valence-corrected chi connectivity index (χ1v) is 3.72. The molecule has 1 heterocycles. The Kier molecular flexibility index (Phi) is 1.81. The van der Waals surface area contributed by atoms with Crippen molar-refractivity contribution in [1.82, 2.24) is 5.32 Å². The van der Waals surface area contributed by atoms with Gasteiger partial charge in [0, 0.05) is 11.7 Å². The molecule has 0 aliphatic carbocycles. The van der Waals surface area contributed by atoms with Crippen LogP contribution in [-0.4, -0.2) is 11.2 Å². The standard InChI is InChI=1S/C6H9NOS/c1-4-3-6(8)7-5(2)9-4/h4H,2-3H2,1H3,(H,7,8). The van der Waals surface area contributed by atoms with Gasteiger partial charge in [0.2, 0.25) is 5.91 Å². The van der Waals surface area contributed by atoms with Gasteiger partial charge in [-0.15, -0.1) is 11.8 Å². The summed E-state index contributed by atoms with van der Waals surface area (Å²) < 4.78 is 0. The van der Waals surface area contributed by atoms with Gasteiger partial charge in [0.25, 0.3) is 0 Å². The molecule has 1 aliphatic rings. The van der Waals surface area contributed by atoms with E-state index in [0.717, 1.165) is 5.03 Å². The zero-order chi connectivity index (χ0) is 6.85. The summed E-state index contributed by atoms with van der Waals surface area (Å²) >= 11 is 1.62. The van der Waals surface area contributed by atoms with E-state index in [4.69, 9.17) is 0 Å². The maximum Gasteiger partial charge on any atom is 0.225 e. The van der Waals surface area contributed by atoms with Gasteiger partial charge in [-0.2, -0.15) is 0 Å². The molecule has 0 bridgehead atoms. The summed E-state index contributed by atoms with van der Waals surface area (Å²) in [5, 5.41) is 3.81. The Balaban J connectivity index is 2.53. The van der Waals surface area contributed by atoms with Crippen molar-refractivity contribution < 1.29 is 4.79 Å². The fourth-order valence-corrected chi connectivity index (χ4v) is 1.67. The number of carbonyl (C=O) groups is 1. The molecule has 0 saturated carbocycles. The van der Waals surface area contributed by atoms with Crippen molar-refractivity contribution in [3.63, 3.8) is 0 Å². The molecule has 2 nitrogen and oxygen atoms in total. The number of amides is 1. The molecule has 0 radical (unpaired) electrons. The number of thioether (sulfide) groups is 1. The number of hydrogen-bond donors (Lipinski definition) is 1. The van der Waals surface area contributed by atoms with E-state index in [1.165, 1.54) is 0 Å². The number of nitrogens with one attached hydrogen (secondary N) is 1. The van der Waals surface area contributed by atoms with Crippen LogP contribution in [0.5, 0.6) is 0 Å². The quantitative estimate of drug-likeness (QED) is 0.550. The van der Waals surface area contributed by atoms with Crippen LogP contribution in [0.1, 0.15) is 13.3 Å². The third-order valence-electron chi connectivity index (χ3n) is 1.10. The molecular formula is C6H9NOS. The van der Waals surface area contributed by atoms with Gasteiger partial charge >= 0.3 is 0 Å². The van der Waals surface area contributed by atoms with Gasteiger partial charge in [-0.25, -0.2) is 0 Å². The summed E-state index contributed by atoms with van der Waals surface area (Å²) in [6, 6.07) is 0. The third-order valence-corrected chi connectivity index (χ3v) is 2.05. The summed E-state index contributed by atoms with van der Waals surface area (Å²) in [5.41, 5.74) is 0. The van der Waals surface area contributed by atoms with E-state index in [1.807, 2.05) is 6.92 Å². The Labute approximate surface area is 58.7 Å². The Morgan fingerprint density at radius 2 is 2.56 bits per heavy atom. The van der Waals surface area contributed by atoms with E-state index in [0.29, 0.717) is 11.7 Å². The molecule has 1 N–H and O–H groups in total. The van der Waals surface area contributed by atoms with Crippen molar-refractivity contribution in [1.29, 1.82) is 0 Å². The topological polar surface area (TPSA) is 29.1 Å². The van der Waals surface area contributed by atoms with Gasteiger partial charge in [-0.1, -0.05) is 13.5 Å². The predicted molar refractivity (Wildman–Crippen MR) is 39.0 cm³/mol. The molecule has 0 aromatic carbocycles. The molecule has 1 aliphatic heterocycles. The lowest BCUT2D eigenvalue weighted by molar-refractivity contribution is -0.120. The van der Waals surface area contributed by atoms with E-state index in [9.17, 15) is 4.79 Å². The molecule has 0 aromatic heterocycles. The summed E-state index contributed by atoms with van der Waals surface area (Å²) in [4.78, 5) is 10.7. The van der Waals surface area contributed by atoms with Gasteiger partial charge in [0.1, 0.15) is 0 Å². The second kappa shape index (κ2) is 2.43. The molecule has 1 rings (SSSR count). The van der Waals surface area contributed by atoms with Crippen molar-refractivity contribution in [2.45, 2.75) is 18.6 Å². The zero-order valence-electron chi connectivity index (χ0n) is 5.31. The molecule has 1 fully saturated rings. The Morgan fingerprint density at radius 1 is 1.89 bits per heavy atom. The van der Waals surface area contributed by atoms with Crippen molar-refractivity contribution in [3.8, 4) is 0 Å². The zero-order valence-corrected chi connectivity index (χ0v) is 6.12. The predicted octanol–water partition coefficient (Wildman–Crippen LogP) is 1.10. The number of hydrogen-bond acceptors (Lipinski definition) is 2. The summed E-state index contributed by atoms with van der Waals surface area (Å²) in [6.45, 7) is 5.67. The van der Waals surface area contributed by atoms with Gasteiger partial charge in [0.15, 0.2) is 0 Å². The average Bonchev–Trinajstić information content (AvgIpc) is 1.59. The fourth-order valence-electron chi connectivity index (χ4n) is 0.782. The minimum atomic E-state index is 0.0891. The molecule has 9 heavy (non-hydrogen) atoms. The molecule has 1 amide bonds. The van der Waals surface area contributed by atoms with Crippen LogP contribution in [-0.2, 0) is 4.79 Å². The number of carbonyl (C=O) groups excluding carboxylic acids is 1. The van der Waals surface area contributed by atoms with E-state index in [-0.39, 0.29) is 5.91 Å². The Hall–Kier alpha value is -0.440. The van der Waals surface area contributed by atoms with Gasteiger partial charge in [-0.05, 0) is 0 Å². The first-order chi connectivity index (χ1) is 4.18. The van der Waals surface area contributed by atoms with Crippen LogP contribution in [0.4, 0.5) is 0 Å². The minimum absolute atomic E-state index is 0.0891. The maximum atomic E-state index is 10.7. The van der Waals surface area contributed by atoms with Crippen LogP contribution in [0.2, 0.25) is 0 Å². The lowest BCUT2D eigenvalue weighted by atomic mass is 10.3. The van der Waals surface area contributed by atoms with E-state index in [1.54, 1.807) is 11.8 Å². The maximum absolute atomic E-state index is 10.7.